The number of ether oxygens (including phenoxy) is 6. The Bertz CT molecular complexity index is 737. The Balaban J connectivity index is 3.45. The van der Waals surface area contributed by atoms with Crippen LogP contribution in [0.1, 0.15) is 53.4 Å². The van der Waals surface area contributed by atoms with Crippen molar-refractivity contribution >= 4 is 23.5 Å². The number of nitrogens with one attached hydrogen (secondary N) is 4. The molecule has 0 bridgehead atoms. The van der Waals surface area contributed by atoms with E-state index in [0.717, 1.165) is 32.2 Å². The second-order valence-electron chi connectivity index (χ2n) is 9.93. The molecule has 0 fully saturated rings. The quantitative estimate of drug-likeness (QED) is 0.0746. The number of hydrogen-bond donors (Lipinski definition) is 4. The third-order valence-electron chi connectivity index (χ3n) is 6.50. The van der Waals surface area contributed by atoms with Gasteiger partial charge in [0.05, 0.1) is 52.9 Å². The Morgan fingerprint density at radius 3 is 1.18 bits per heavy atom. The van der Waals surface area contributed by atoms with E-state index in [9.17, 15) is 19.2 Å². The number of carbonyl (C=O) groups excluding carboxylic acids is 4. The summed E-state index contributed by atoms with van der Waals surface area (Å²) < 4.78 is 32.0. The van der Waals surface area contributed by atoms with Crippen LogP contribution in [0.4, 0.5) is 0 Å². The SMILES string of the molecule is CCC(CC)NCCOCCOCCNC(=O)COCC(=O)NCCOCCOCCNC(=O)COCC(=O)C(CC)CC. The first-order valence-corrected chi connectivity index (χ1v) is 15.9. The van der Waals surface area contributed by atoms with Gasteiger partial charge in [-0.3, -0.25) is 19.2 Å². The van der Waals surface area contributed by atoms with E-state index in [-0.39, 0.29) is 55.9 Å². The van der Waals surface area contributed by atoms with Crippen molar-refractivity contribution in [3.05, 3.63) is 0 Å². The fourth-order valence-corrected chi connectivity index (χ4v) is 3.84. The van der Waals surface area contributed by atoms with E-state index in [1.165, 1.54) is 0 Å². The highest BCUT2D eigenvalue weighted by atomic mass is 16.5. The lowest BCUT2D eigenvalue weighted by Gasteiger charge is -2.14. The largest absolute Gasteiger partial charge is 0.378 e. The van der Waals surface area contributed by atoms with Gasteiger partial charge >= 0.3 is 0 Å². The lowest BCUT2D eigenvalue weighted by molar-refractivity contribution is -0.133. The molecule has 0 radical (unpaired) electrons. The third kappa shape index (κ3) is 26.2. The first-order valence-electron chi connectivity index (χ1n) is 15.9. The van der Waals surface area contributed by atoms with Crippen molar-refractivity contribution in [3.63, 3.8) is 0 Å². The fraction of sp³-hybridized carbons (Fsp3) is 0.867. The molecule has 0 aromatic rings. The zero-order chi connectivity index (χ0) is 32.7. The van der Waals surface area contributed by atoms with Gasteiger partial charge < -0.3 is 49.7 Å². The molecule has 0 unspecified atom stereocenters. The molecule has 44 heavy (non-hydrogen) atoms. The maximum atomic E-state index is 11.9. The van der Waals surface area contributed by atoms with E-state index >= 15 is 0 Å². The van der Waals surface area contributed by atoms with Crippen molar-refractivity contribution in [2.24, 2.45) is 5.92 Å². The second-order valence-corrected chi connectivity index (χ2v) is 9.93. The average molecular weight is 635 g/mol. The van der Waals surface area contributed by atoms with Gasteiger partial charge in [0.2, 0.25) is 17.7 Å². The summed E-state index contributed by atoms with van der Waals surface area (Å²) in [4.78, 5) is 47.2. The average Bonchev–Trinajstić information content (AvgIpc) is 3.01. The Kier molecular flexibility index (Phi) is 29.3. The van der Waals surface area contributed by atoms with E-state index in [1.54, 1.807) is 0 Å². The van der Waals surface area contributed by atoms with Gasteiger partial charge in [-0.1, -0.05) is 27.7 Å². The molecule has 14 heteroatoms. The van der Waals surface area contributed by atoms with E-state index in [1.807, 2.05) is 13.8 Å². The normalized spacial score (nSPS) is 11.2. The topological polar surface area (TPSA) is 172 Å². The molecule has 0 atom stereocenters. The Labute approximate surface area is 263 Å². The standard InChI is InChI=1S/C30H58N4O10/c1-5-25(6-2)27(35)21-43-22-28(36)32-10-14-41-19-20-42-16-12-34-30(38)24-44-23-29(37)33-11-15-40-18-17-39-13-9-31-26(7-3)8-4/h25-26,31H,5-24H2,1-4H3,(H,32,36)(H,33,37)(H,34,38). The number of rotatable bonds is 32. The van der Waals surface area contributed by atoms with E-state index in [0.29, 0.717) is 78.5 Å². The minimum absolute atomic E-state index is 0.0189. The van der Waals surface area contributed by atoms with E-state index in [2.05, 4.69) is 35.1 Å². The maximum Gasteiger partial charge on any atom is 0.246 e. The molecule has 0 spiro atoms. The summed E-state index contributed by atoms with van der Waals surface area (Å²) in [7, 11) is 0. The molecule has 3 amide bonds. The van der Waals surface area contributed by atoms with Gasteiger partial charge in [0.15, 0.2) is 5.78 Å². The van der Waals surface area contributed by atoms with E-state index < -0.39 is 0 Å². The summed E-state index contributed by atoms with van der Waals surface area (Å²) in [6.45, 7) is 12.5. The van der Waals surface area contributed by atoms with Crippen LogP contribution in [-0.4, -0.2) is 135 Å². The summed E-state index contributed by atoms with van der Waals surface area (Å²) in [5, 5.41) is 11.4. The van der Waals surface area contributed by atoms with Crippen LogP contribution in [0, 0.1) is 5.92 Å². The summed E-state index contributed by atoms with van der Waals surface area (Å²) >= 11 is 0. The van der Waals surface area contributed by atoms with Crippen LogP contribution in [-0.2, 0) is 47.6 Å². The highest BCUT2D eigenvalue weighted by Gasteiger charge is 2.14. The summed E-state index contributed by atoms with van der Waals surface area (Å²) in [6, 6.07) is 0.534. The molecule has 0 aromatic heterocycles. The monoisotopic (exact) mass is 634 g/mol. The summed E-state index contributed by atoms with van der Waals surface area (Å²) in [5.74, 6) is -0.984. The van der Waals surface area contributed by atoms with Crippen LogP contribution in [0.5, 0.6) is 0 Å². The van der Waals surface area contributed by atoms with Crippen molar-refractivity contribution in [1.82, 2.24) is 21.3 Å². The number of amides is 3. The van der Waals surface area contributed by atoms with Gasteiger partial charge in [0, 0.05) is 38.1 Å². The van der Waals surface area contributed by atoms with Gasteiger partial charge in [-0.05, 0) is 25.7 Å². The lowest BCUT2D eigenvalue weighted by Crippen LogP contribution is -2.34. The molecule has 0 saturated heterocycles. The van der Waals surface area contributed by atoms with Gasteiger partial charge in [0.1, 0.15) is 26.4 Å². The smallest absolute Gasteiger partial charge is 0.246 e. The molecule has 0 saturated carbocycles. The molecular formula is C30H58N4O10. The van der Waals surface area contributed by atoms with Crippen LogP contribution in [0.15, 0.2) is 0 Å². The van der Waals surface area contributed by atoms with Crippen LogP contribution >= 0.6 is 0 Å². The van der Waals surface area contributed by atoms with Crippen molar-refractivity contribution in [3.8, 4) is 0 Å². The predicted molar refractivity (Wildman–Crippen MR) is 165 cm³/mol. The first kappa shape index (κ1) is 41.8. The molecule has 0 aliphatic rings. The highest BCUT2D eigenvalue weighted by molar-refractivity contribution is 5.83. The van der Waals surface area contributed by atoms with E-state index in [4.69, 9.17) is 28.4 Å². The lowest BCUT2D eigenvalue weighted by atomic mass is 9.99. The minimum atomic E-state index is -0.351. The molecule has 258 valence electrons. The fourth-order valence-electron chi connectivity index (χ4n) is 3.84. The van der Waals surface area contributed by atoms with Crippen LogP contribution in [0.25, 0.3) is 0 Å². The van der Waals surface area contributed by atoms with Gasteiger partial charge in [-0.25, -0.2) is 0 Å². The van der Waals surface area contributed by atoms with Gasteiger partial charge in [-0.15, -0.1) is 0 Å². The molecule has 14 nitrogen and oxygen atoms in total. The van der Waals surface area contributed by atoms with Crippen LogP contribution in [0.3, 0.4) is 0 Å². The number of Topliss-reactive ketones (excluding diaryl/α,β-unsaturated/α-hetero) is 1. The van der Waals surface area contributed by atoms with Gasteiger partial charge in [0.25, 0.3) is 0 Å². The third-order valence-corrected chi connectivity index (χ3v) is 6.50. The first-order chi connectivity index (χ1) is 21.4. The predicted octanol–water partition coefficient (Wildman–Crippen LogP) is 0.218. The molecule has 4 N–H and O–H groups in total. The maximum absolute atomic E-state index is 11.9. The summed E-state index contributed by atoms with van der Waals surface area (Å²) in [6.07, 6.45) is 3.74. The summed E-state index contributed by atoms with van der Waals surface area (Å²) in [5.41, 5.74) is 0. The Hall–Kier alpha value is -2.20. The van der Waals surface area contributed by atoms with Crippen molar-refractivity contribution < 1.29 is 47.6 Å². The Morgan fingerprint density at radius 1 is 0.455 bits per heavy atom. The van der Waals surface area contributed by atoms with Crippen molar-refractivity contribution in [2.75, 3.05) is 105 Å². The van der Waals surface area contributed by atoms with Gasteiger partial charge in [-0.2, -0.15) is 0 Å². The highest BCUT2D eigenvalue weighted by Crippen LogP contribution is 2.08. The zero-order valence-corrected chi connectivity index (χ0v) is 27.4. The Morgan fingerprint density at radius 2 is 0.818 bits per heavy atom. The molecule has 0 aromatic carbocycles. The zero-order valence-electron chi connectivity index (χ0n) is 27.4. The molecular weight excluding hydrogens is 576 g/mol. The second kappa shape index (κ2) is 30.8. The van der Waals surface area contributed by atoms with Crippen molar-refractivity contribution in [2.45, 2.75) is 59.4 Å². The number of ketones is 1. The molecule has 0 aliphatic heterocycles. The van der Waals surface area contributed by atoms with Crippen LogP contribution in [0.2, 0.25) is 0 Å². The number of carbonyl (C=O) groups is 4. The number of hydrogen-bond acceptors (Lipinski definition) is 11. The van der Waals surface area contributed by atoms with Crippen molar-refractivity contribution in [1.29, 1.82) is 0 Å². The molecule has 0 rings (SSSR count). The van der Waals surface area contributed by atoms with Crippen LogP contribution < -0.4 is 21.3 Å². The molecule has 0 aliphatic carbocycles. The minimum Gasteiger partial charge on any atom is -0.378 e. The molecule has 0 heterocycles.